The van der Waals surface area contributed by atoms with Gasteiger partial charge in [-0.25, -0.2) is 9.37 Å². The molecule has 35 heavy (non-hydrogen) atoms. The van der Waals surface area contributed by atoms with E-state index in [2.05, 4.69) is 66.3 Å². The molecule has 0 bridgehead atoms. The van der Waals surface area contributed by atoms with Gasteiger partial charge in [-0.1, -0.05) is 25.0 Å². The first-order valence-electron chi connectivity index (χ1n) is 12.3. The van der Waals surface area contributed by atoms with Crippen LogP contribution in [0.4, 0.5) is 4.39 Å². The molecule has 0 N–H and O–H groups in total. The van der Waals surface area contributed by atoms with Crippen molar-refractivity contribution in [2.24, 2.45) is 0 Å². The molecule has 3 rings (SSSR count). The molecule has 2 heterocycles. The van der Waals surface area contributed by atoms with Gasteiger partial charge in [0.15, 0.2) is 0 Å². The van der Waals surface area contributed by atoms with Crippen LogP contribution in [0.25, 0.3) is 16.8 Å². The van der Waals surface area contributed by atoms with Crippen LogP contribution in [0.2, 0.25) is 0 Å². The standard InChI is InChI=1S/C29H39FN4O/c1-8-9-10-21(2)26(22(3)33(6)7)15-16-35-28-17-24(30)12-13-27(28)23-11-14-29-31-18-25(20-32(4)5)34(29)19-23/h10-14,17-19H,8-9,15-16,20H2,1-7H3/b21-10+,26-22-. The van der Waals surface area contributed by atoms with Crippen molar-refractivity contribution in [2.75, 3.05) is 34.8 Å². The van der Waals surface area contributed by atoms with Gasteiger partial charge in [0.25, 0.3) is 0 Å². The molecule has 0 atom stereocenters. The number of aromatic nitrogens is 2. The third kappa shape index (κ3) is 6.73. The number of pyridine rings is 1. The average molecular weight is 479 g/mol. The van der Waals surface area contributed by atoms with Gasteiger partial charge in [0.1, 0.15) is 17.2 Å². The highest BCUT2D eigenvalue weighted by Crippen LogP contribution is 2.32. The topological polar surface area (TPSA) is 33.0 Å². The number of hydrogen-bond acceptors (Lipinski definition) is 4. The quantitative estimate of drug-likeness (QED) is 0.293. The van der Waals surface area contributed by atoms with Crippen LogP contribution in [0.15, 0.2) is 65.6 Å². The van der Waals surface area contributed by atoms with E-state index in [1.165, 1.54) is 29.0 Å². The summed E-state index contributed by atoms with van der Waals surface area (Å²) in [5.41, 5.74) is 7.58. The van der Waals surface area contributed by atoms with E-state index in [9.17, 15) is 4.39 Å². The van der Waals surface area contributed by atoms with Crippen molar-refractivity contribution < 1.29 is 9.13 Å². The first kappa shape index (κ1) is 26.5. The molecule has 0 unspecified atom stereocenters. The van der Waals surface area contributed by atoms with Crippen LogP contribution in [-0.2, 0) is 6.54 Å². The average Bonchev–Trinajstić information content (AvgIpc) is 3.21. The van der Waals surface area contributed by atoms with E-state index in [0.717, 1.165) is 48.3 Å². The summed E-state index contributed by atoms with van der Waals surface area (Å²) in [6.45, 7) is 7.73. The van der Waals surface area contributed by atoms with Crippen molar-refractivity contribution in [2.45, 2.75) is 46.6 Å². The molecule has 0 fully saturated rings. The Morgan fingerprint density at radius 3 is 2.57 bits per heavy atom. The Bertz CT molecular complexity index is 1210. The van der Waals surface area contributed by atoms with Crippen LogP contribution < -0.4 is 4.74 Å². The maximum Gasteiger partial charge on any atom is 0.136 e. The molecule has 0 aliphatic heterocycles. The lowest BCUT2D eigenvalue weighted by molar-refractivity contribution is 0.320. The number of hydrogen-bond donors (Lipinski definition) is 0. The minimum absolute atomic E-state index is 0.306. The summed E-state index contributed by atoms with van der Waals surface area (Å²) in [5, 5.41) is 0. The molecule has 3 aromatic rings. The SMILES string of the molecule is CCC/C=C(C)/C(CCOc1cc(F)ccc1-c1ccc2ncc(CN(C)C)n2c1)=C(/C)N(C)C. The smallest absolute Gasteiger partial charge is 0.136 e. The Labute approximate surface area is 209 Å². The van der Waals surface area contributed by atoms with Crippen molar-refractivity contribution in [1.82, 2.24) is 19.2 Å². The van der Waals surface area contributed by atoms with Gasteiger partial charge in [0.05, 0.1) is 18.5 Å². The Balaban J connectivity index is 1.88. The summed E-state index contributed by atoms with van der Waals surface area (Å²) < 4.78 is 22.5. The third-order valence-corrected chi connectivity index (χ3v) is 6.25. The normalized spacial score (nSPS) is 12.9. The molecule has 0 amide bonds. The van der Waals surface area contributed by atoms with Gasteiger partial charge in [0, 0.05) is 56.1 Å². The van der Waals surface area contributed by atoms with Gasteiger partial charge < -0.3 is 18.9 Å². The van der Waals surface area contributed by atoms with Crippen molar-refractivity contribution in [1.29, 1.82) is 0 Å². The minimum Gasteiger partial charge on any atom is -0.492 e. The molecule has 0 spiro atoms. The molecule has 1 aromatic carbocycles. The zero-order chi connectivity index (χ0) is 25.5. The summed E-state index contributed by atoms with van der Waals surface area (Å²) >= 11 is 0. The molecule has 0 radical (unpaired) electrons. The molecular weight excluding hydrogens is 439 g/mol. The van der Waals surface area contributed by atoms with Gasteiger partial charge in [-0.3, -0.25) is 0 Å². The lowest BCUT2D eigenvalue weighted by Crippen LogP contribution is -2.13. The van der Waals surface area contributed by atoms with Crippen molar-refractivity contribution in [3.05, 3.63) is 77.2 Å². The van der Waals surface area contributed by atoms with Crippen molar-refractivity contribution in [3.63, 3.8) is 0 Å². The highest BCUT2D eigenvalue weighted by atomic mass is 19.1. The molecule has 0 saturated carbocycles. The number of nitrogens with zero attached hydrogens (tertiary/aromatic N) is 4. The summed E-state index contributed by atoms with van der Waals surface area (Å²) in [7, 11) is 8.19. The zero-order valence-corrected chi connectivity index (χ0v) is 22.2. The maximum absolute atomic E-state index is 14.2. The van der Waals surface area contributed by atoms with Crippen LogP contribution in [-0.4, -0.2) is 54.0 Å². The lowest BCUT2D eigenvalue weighted by atomic mass is 10.0. The van der Waals surface area contributed by atoms with Crippen molar-refractivity contribution >= 4 is 5.65 Å². The number of imidazole rings is 1. The molecule has 2 aromatic heterocycles. The van der Waals surface area contributed by atoms with Crippen LogP contribution in [0.3, 0.4) is 0 Å². The predicted molar refractivity (Wildman–Crippen MR) is 143 cm³/mol. The molecule has 0 saturated heterocycles. The Morgan fingerprint density at radius 2 is 1.89 bits per heavy atom. The molecule has 0 aliphatic rings. The summed E-state index contributed by atoms with van der Waals surface area (Å²) in [6, 6.07) is 8.77. The first-order chi connectivity index (χ1) is 16.7. The fraction of sp³-hybridized carbons (Fsp3) is 0.414. The highest BCUT2D eigenvalue weighted by Gasteiger charge is 2.13. The largest absolute Gasteiger partial charge is 0.492 e. The predicted octanol–water partition coefficient (Wildman–Crippen LogP) is 6.55. The molecule has 6 heteroatoms. The molecule has 5 nitrogen and oxygen atoms in total. The van der Waals surface area contributed by atoms with E-state index < -0.39 is 0 Å². The second-order valence-electron chi connectivity index (χ2n) is 9.51. The van der Waals surface area contributed by atoms with E-state index >= 15 is 0 Å². The maximum atomic E-state index is 14.2. The number of benzene rings is 1. The molecular formula is C29H39FN4O. The first-order valence-corrected chi connectivity index (χ1v) is 12.3. The van der Waals surface area contributed by atoms with Crippen LogP contribution in [0, 0.1) is 5.82 Å². The summed E-state index contributed by atoms with van der Waals surface area (Å²) in [5.74, 6) is 0.246. The van der Waals surface area contributed by atoms with E-state index in [1.54, 1.807) is 6.07 Å². The second-order valence-corrected chi connectivity index (χ2v) is 9.51. The minimum atomic E-state index is -0.306. The van der Waals surface area contributed by atoms with Crippen LogP contribution >= 0.6 is 0 Å². The van der Waals surface area contributed by atoms with Gasteiger partial charge in [-0.2, -0.15) is 0 Å². The van der Waals surface area contributed by atoms with E-state index in [4.69, 9.17) is 4.74 Å². The second kappa shape index (κ2) is 12.0. The van der Waals surface area contributed by atoms with Gasteiger partial charge >= 0.3 is 0 Å². The summed E-state index contributed by atoms with van der Waals surface area (Å²) in [4.78, 5) is 8.76. The molecule has 0 aliphatic carbocycles. The zero-order valence-electron chi connectivity index (χ0n) is 22.2. The number of halogens is 1. The monoisotopic (exact) mass is 478 g/mol. The van der Waals surface area contributed by atoms with Gasteiger partial charge in [-0.05, 0) is 64.2 Å². The third-order valence-electron chi connectivity index (χ3n) is 6.25. The van der Waals surface area contributed by atoms with Crippen LogP contribution in [0.1, 0.15) is 45.7 Å². The van der Waals surface area contributed by atoms with E-state index in [0.29, 0.717) is 12.4 Å². The van der Waals surface area contributed by atoms with E-state index in [1.807, 2.05) is 32.4 Å². The Morgan fingerprint density at radius 1 is 1.11 bits per heavy atom. The Hall–Kier alpha value is -3.12. The fourth-order valence-electron chi connectivity index (χ4n) is 4.17. The fourth-order valence-corrected chi connectivity index (χ4v) is 4.17. The number of ether oxygens (including phenoxy) is 1. The number of unbranched alkanes of at least 4 members (excludes halogenated alkanes) is 1. The van der Waals surface area contributed by atoms with Crippen molar-refractivity contribution in [3.8, 4) is 16.9 Å². The lowest BCUT2D eigenvalue weighted by Gasteiger charge is -2.21. The number of rotatable bonds is 11. The van der Waals surface area contributed by atoms with Crippen LogP contribution in [0.5, 0.6) is 5.75 Å². The molecule has 188 valence electrons. The Kier molecular flexibility index (Phi) is 9.10. The van der Waals surface area contributed by atoms with Gasteiger partial charge in [0.2, 0.25) is 0 Å². The number of allylic oxidation sites excluding steroid dienone is 3. The van der Waals surface area contributed by atoms with Gasteiger partial charge in [-0.15, -0.1) is 0 Å². The summed E-state index contributed by atoms with van der Waals surface area (Å²) in [6.07, 6.45) is 9.17. The van der Waals surface area contributed by atoms with E-state index in [-0.39, 0.29) is 5.82 Å². The number of fused-ring (bicyclic) bond motifs is 1. The highest BCUT2D eigenvalue weighted by molar-refractivity contribution is 5.71.